The lowest BCUT2D eigenvalue weighted by atomic mass is 10.1. The summed E-state index contributed by atoms with van der Waals surface area (Å²) in [6.07, 6.45) is 0. The lowest BCUT2D eigenvalue weighted by molar-refractivity contribution is 0.0941. The number of nitrogens with one attached hydrogen (secondary N) is 1. The molecule has 0 aliphatic carbocycles. The quantitative estimate of drug-likeness (QED) is 0.907. The largest absolute Gasteiger partial charge is 0.347 e. The molecule has 4 nitrogen and oxygen atoms in total. The normalized spacial score (nSPS) is 10.2. The van der Waals surface area contributed by atoms with E-state index < -0.39 is 0 Å². The zero-order valence-corrected chi connectivity index (χ0v) is 11.0. The second kappa shape index (κ2) is 5.52. The van der Waals surface area contributed by atoms with Gasteiger partial charge in [-0.15, -0.1) is 0 Å². The molecule has 0 radical (unpaired) electrons. The van der Waals surface area contributed by atoms with Gasteiger partial charge in [0, 0.05) is 19.7 Å². The van der Waals surface area contributed by atoms with E-state index in [0.29, 0.717) is 12.2 Å². The van der Waals surface area contributed by atoms with Crippen molar-refractivity contribution in [2.24, 2.45) is 7.05 Å². The number of hydrogen-bond acceptors (Lipinski definition) is 2. The van der Waals surface area contributed by atoms with E-state index in [1.807, 2.05) is 31.2 Å². The van der Waals surface area contributed by atoms with Crippen molar-refractivity contribution < 1.29 is 4.79 Å². The molecule has 2 rings (SSSR count). The van der Waals surface area contributed by atoms with Crippen molar-refractivity contribution in [2.45, 2.75) is 13.5 Å². The molecule has 2 aromatic rings. The Balaban J connectivity index is 2.07. The summed E-state index contributed by atoms with van der Waals surface area (Å²) in [6.45, 7) is 2.46. The molecule has 1 aromatic carbocycles. The Hall–Kier alpha value is -2.36. The highest BCUT2D eigenvalue weighted by atomic mass is 16.2. The molecule has 0 atom stereocenters. The highest BCUT2D eigenvalue weighted by Gasteiger charge is 2.08. The number of nitrogens with zero attached hydrogens (tertiary/aromatic N) is 1. The van der Waals surface area contributed by atoms with Crippen LogP contribution in [0.1, 0.15) is 21.6 Å². The Bertz CT molecular complexity index is 642. The van der Waals surface area contributed by atoms with Gasteiger partial charge in [0.1, 0.15) is 5.69 Å². The fourth-order valence-electron chi connectivity index (χ4n) is 1.77. The van der Waals surface area contributed by atoms with Gasteiger partial charge in [0.25, 0.3) is 11.5 Å². The maximum Gasteiger partial charge on any atom is 0.268 e. The standard InChI is InChI=1S/C15H16N2O2/c1-11-6-8-12(9-7-11)10-16-15(19)13-4-3-5-14(18)17(13)2/h3-9H,10H2,1-2H3,(H,16,19). The van der Waals surface area contributed by atoms with Crippen molar-refractivity contribution in [1.29, 1.82) is 0 Å². The molecule has 0 aliphatic heterocycles. The third kappa shape index (κ3) is 3.10. The molecule has 0 saturated heterocycles. The van der Waals surface area contributed by atoms with Crippen molar-refractivity contribution in [2.75, 3.05) is 0 Å². The number of benzene rings is 1. The first-order valence-electron chi connectivity index (χ1n) is 6.08. The summed E-state index contributed by atoms with van der Waals surface area (Å²) in [4.78, 5) is 23.4. The first-order chi connectivity index (χ1) is 9.08. The summed E-state index contributed by atoms with van der Waals surface area (Å²) < 4.78 is 1.34. The van der Waals surface area contributed by atoms with Crippen molar-refractivity contribution in [3.8, 4) is 0 Å². The van der Waals surface area contributed by atoms with Crippen LogP contribution in [0.5, 0.6) is 0 Å². The molecule has 1 amide bonds. The van der Waals surface area contributed by atoms with Gasteiger partial charge in [-0.05, 0) is 18.6 Å². The highest BCUT2D eigenvalue weighted by Crippen LogP contribution is 2.03. The Morgan fingerprint density at radius 3 is 2.53 bits per heavy atom. The summed E-state index contributed by atoms with van der Waals surface area (Å²) in [6, 6.07) is 12.6. The molecule has 98 valence electrons. The number of aryl methyl sites for hydroxylation is 1. The van der Waals surface area contributed by atoms with E-state index in [0.717, 1.165) is 5.56 Å². The number of carbonyl (C=O) groups is 1. The fourth-order valence-corrected chi connectivity index (χ4v) is 1.77. The van der Waals surface area contributed by atoms with E-state index in [1.165, 1.54) is 16.2 Å². The zero-order valence-electron chi connectivity index (χ0n) is 11.0. The van der Waals surface area contributed by atoms with Crippen molar-refractivity contribution in [3.63, 3.8) is 0 Å². The van der Waals surface area contributed by atoms with Crippen LogP contribution in [0.2, 0.25) is 0 Å². The summed E-state index contributed by atoms with van der Waals surface area (Å²) in [7, 11) is 1.59. The number of aromatic nitrogens is 1. The predicted molar refractivity (Wildman–Crippen MR) is 74.0 cm³/mol. The Morgan fingerprint density at radius 2 is 1.84 bits per heavy atom. The third-order valence-corrected chi connectivity index (χ3v) is 2.99. The van der Waals surface area contributed by atoms with Crippen molar-refractivity contribution in [3.05, 3.63) is 69.6 Å². The Kier molecular flexibility index (Phi) is 3.80. The average Bonchev–Trinajstić information content (AvgIpc) is 2.41. The van der Waals surface area contributed by atoms with E-state index in [-0.39, 0.29) is 11.5 Å². The lowest BCUT2D eigenvalue weighted by Gasteiger charge is -2.08. The zero-order chi connectivity index (χ0) is 13.8. The van der Waals surface area contributed by atoms with E-state index in [9.17, 15) is 9.59 Å². The van der Waals surface area contributed by atoms with Gasteiger partial charge < -0.3 is 9.88 Å². The number of pyridine rings is 1. The first kappa shape index (κ1) is 13.1. The molecular weight excluding hydrogens is 240 g/mol. The Labute approximate surface area is 111 Å². The maximum absolute atomic E-state index is 12.0. The summed E-state index contributed by atoms with van der Waals surface area (Å²) in [5.41, 5.74) is 2.38. The second-order valence-corrected chi connectivity index (χ2v) is 4.48. The topological polar surface area (TPSA) is 51.1 Å². The molecule has 4 heteroatoms. The molecule has 0 saturated carbocycles. The minimum Gasteiger partial charge on any atom is -0.347 e. The monoisotopic (exact) mass is 256 g/mol. The minimum atomic E-state index is -0.249. The van der Waals surface area contributed by atoms with Gasteiger partial charge in [-0.3, -0.25) is 9.59 Å². The van der Waals surface area contributed by atoms with Crippen LogP contribution >= 0.6 is 0 Å². The fraction of sp³-hybridized carbons (Fsp3) is 0.200. The van der Waals surface area contributed by atoms with Crippen LogP contribution in [0.3, 0.4) is 0 Å². The second-order valence-electron chi connectivity index (χ2n) is 4.48. The first-order valence-corrected chi connectivity index (χ1v) is 6.08. The third-order valence-electron chi connectivity index (χ3n) is 2.99. The number of amides is 1. The molecule has 0 spiro atoms. The molecule has 0 fully saturated rings. The molecule has 0 aliphatic rings. The van der Waals surface area contributed by atoms with E-state index in [1.54, 1.807) is 19.2 Å². The average molecular weight is 256 g/mol. The van der Waals surface area contributed by atoms with E-state index in [2.05, 4.69) is 5.32 Å². The summed E-state index contributed by atoms with van der Waals surface area (Å²) >= 11 is 0. The summed E-state index contributed by atoms with van der Waals surface area (Å²) in [5.74, 6) is -0.249. The van der Waals surface area contributed by atoms with Gasteiger partial charge >= 0.3 is 0 Å². The van der Waals surface area contributed by atoms with Crippen LogP contribution in [-0.4, -0.2) is 10.5 Å². The smallest absolute Gasteiger partial charge is 0.268 e. The van der Waals surface area contributed by atoms with Crippen molar-refractivity contribution >= 4 is 5.91 Å². The summed E-state index contributed by atoms with van der Waals surface area (Å²) in [5, 5.41) is 2.80. The molecule has 1 aromatic heterocycles. The molecule has 1 heterocycles. The predicted octanol–water partition coefficient (Wildman–Crippen LogP) is 1.62. The van der Waals surface area contributed by atoms with Gasteiger partial charge in [0.2, 0.25) is 0 Å². The van der Waals surface area contributed by atoms with Crippen LogP contribution in [0, 0.1) is 6.92 Å². The van der Waals surface area contributed by atoms with E-state index in [4.69, 9.17) is 0 Å². The molecule has 0 bridgehead atoms. The lowest BCUT2D eigenvalue weighted by Crippen LogP contribution is -2.30. The van der Waals surface area contributed by atoms with Gasteiger partial charge in [0.15, 0.2) is 0 Å². The molecular formula is C15H16N2O2. The molecule has 0 unspecified atom stereocenters. The minimum absolute atomic E-state index is 0.192. The van der Waals surface area contributed by atoms with Gasteiger partial charge in [-0.1, -0.05) is 35.9 Å². The van der Waals surface area contributed by atoms with Gasteiger partial charge in [-0.2, -0.15) is 0 Å². The molecule has 19 heavy (non-hydrogen) atoms. The number of carbonyl (C=O) groups excluding carboxylic acids is 1. The van der Waals surface area contributed by atoms with Crippen LogP contribution in [0.25, 0.3) is 0 Å². The van der Waals surface area contributed by atoms with E-state index >= 15 is 0 Å². The maximum atomic E-state index is 12.0. The molecule has 1 N–H and O–H groups in total. The number of rotatable bonds is 3. The number of hydrogen-bond donors (Lipinski definition) is 1. The van der Waals surface area contributed by atoms with Crippen LogP contribution in [-0.2, 0) is 13.6 Å². The van der Waals surface area contributed by atoms with Crippen LogP contribution in [0.15, 0.2) is 47.3 Å². The van der Waals surface area contributed by atoms with Gasteiger partial charge in [-0.25, -0.2) is 0 Å². The Morgan fingerprint density at radius 1 is 1.16 bits per heavy atom. The SMILES string of the molecule is Cc1ccc(CNC(=O)c2cccc(=O)n2C)cc1. The van der Waals surface area contributed by atoms with Crippen LogP contribution < -0.4 is 10.9 Å². The highest BCUT2D eigenvalue weighted by molar-refractivity contribution is 5.92. The van der Waals surface area contributed by atoms with Crippen LogP contribution in [0.4, 0.5) is 0 Å². The van der Waals surface area contributed by atoms with Gasteiger partial charge in [0.05, 0.1) is 0 Å². The van der Waals surface area contributed by atoms with Crippen molar-refractivity contribution in [1.82, 2.24) is 9.88 Å².